The first-order valence-corrected chi connectivity index (χ1v) is 8.69. The second-order valence-electron chi connectivity index (χ2n) is 5.28. The van der Waals surface area contributed by atoms with Crippen molar-refractivity contribution < 1.29 is 18.7 Å². The number of nitrogens with zero attached hydrogens (tertiary/aromatic N) is 1. The number of amidine groups is 1. The normalized spacial score (nSPS) is 15.3. The standard InChI is InChI=1S/C18H14ClFN2O3S/c1-24-14-7-10(8-15-17(23)22-18(21)26-15)6-12(19)16(14)25-9-11-4-2-3-5-13(11)20/h2-8H,9H2,1H3,(H2,21,22,23). The van der Waals surface area contributed by atoms with Gasteiger partial charge in [-0.2, -0.15) is 4.99 Å². The van der Waals surface area contributed by atoms with E-state index in [0.717, 1.165) is 11.8 Å². The van der Waals surface area contributed by atoms with Gasteiger partial charge in [0, 0.05) is 5.56 Å². The highest BCUT2D eigenvalue weighted by Gasteiger charge is 2.20. The molecule has 1 aliphatic rings. The number of carbonyl (C=O) groups is 1. The summed E-state index contributed by atoms with van der Waals surface area (Å²) in [6.45, 7) is 0.00189. The van der Waals surface area contributed by atoms with Crippen molar-refractivity contribution in [2.75, 3.05) is 7.11 Å². The van der Waals surface area contributed by atoms with Crippen molar-refractivity contribution in [3.8, 4) is 11.5 Å². The van der Waals surface area contributed by atoms with Crippen LogP contribution >= 0.6 is 23.4 Å². The highest BCUT2D eigenvalue weighted by atomic mass is 35.5. The zero-order valence-corrected chi connectivity index (χ0v) is 15.2. The van der Waals surface area contributed by atoms with Gasteiger partial charge in [0.05, 0.1) is 17.0 Å². The molecule has 0 aliphatic carbocycles. The van der Waals surface area contributed by atoms with Gasteiger partial charge in [-0.05, 0) is 41.6 Å². The zero-order valence-electron chi connectivity index (χ0n) is 13.7. The van der Waals surface area contributed by atoms with Crippen LogP contribution in [0.25, 0.3) is 6.08 Å². The second-order valence-corrected chi connectivity index (χ2v) is 6.75. The molecule has 26 heavy (non-hydrogen) atoms. The number of halogens is 2. The number of rotatable bonds is 5. The summed E-state index contributed by atoms with van der Waals surface area (Å²) >= 11 is 7.38. The van der Waals surface area contributed by atoms with Crippen LogP contribution in [0.2, 0.25) is 5.02 Å². The Morgan fingerprint density at radius 3 is 2.77 bits per heavy atom. The van der Waals surface area contributed by atoms with E-state index in [-0.39, 0.29) is 22.6 Å². The number of methoxy groups -OCH3 is 1. The first-order valence-electron chi connectivity index (χ1n) is 7.49. The molecule has 2 aromatic rings. The number of nitrogens with two attached hydrogens (primary N) is 1. The van der Waals surface area contributed by atoms with Crippen LogP contribution in [0, 0.1) is 5.82 Å². The monoisotopic (exact) mass is 392 g/mol. The fourth-order valence-corrected chi connectivity index (χ4v) is 3.26. The SMILES string of the molecule is COc1cc(C=C2SC(N)=NC2=O)cc(Cl)c1OCc1ccccc1F. The molecule has 0 spiro atoms. The van der Waals surface area contributed by atoms with Crippen LogP contribution in [0.3, 0.4) is 0 Å². The highest BCUT2D eigenvalue weighted by molar-refractivity contribution is 8.18. The van der Waals surface area contributed by atoms with Crippen LogP contribution in [-0.4, -0.2) is 18.2 Å². The number of thioether (sulfide) groups is 1. The molecule has 134 valence electrons. The number of carbonyl (C=O) groups excluding carboxylic acids is 1. The van der Waals surface area contributed by atoms with Crippen LogP contribution in [0.1, 0.15) is 11.1 Å². The Morgan fingerprint density at radius 2 is 2.12 bits per heavy atom. The van der Waals surface area contributed by atoms with Gasteiger partial charge in [0.25, 0.3) is 5.91 Å². The molecule has 0 saturated carbocycles. The first kappa shape index (κ1) is 18.3. The molecule has 0 aromatic heterocycles. The zero-order chi connectivity index (χ0) is 18.7. The first-order chi connectivity index (χ1) is 12.5. The van der Waals surface area contributed by atoms with Crippen LogP contribution in [0.4, 0.5) is 4.39 Å². The largest absolute Gasteiger partial charge is 0.493 e. The lowest BCUT2D eigenvalue weighted by Crippen LogP contribution is -2.01. The molecule has 3 rings (SSSR count). The van der Waals surface area contributed by atoms with Gasteiger partial charge < -0.3 is 15.2 Å². The Bertz CT molecular complexity index is 931. The van der Waals surface area contributed by atoms with Gasteiger partial charge in [0.2, 0.25) is 0 Å². The molecule has 2 aromatic carbocycles. The topological polar surface area (TPSA) is 73.9 Å². The molecule has 1 aliphatic heterocycles. The van der Waals surface area contributed by atoms with Gasteiger partial charge in [0.1, 0.15) is 12.4 Å². The molecule has 5 nitrogen and oxygen atoms in total. The molecule has 1 heterocycles. The predicted octanol–water partition coefficient (Wildman–Crippen LogP) is 4.00. The van der Waals surface area contributed by atoms with E-state index in [1.54, 1.807) is 36.4 Å². The van der Waals surface area contributed by atoms with Crippen molar-refractivity contribution in [3.63, 3.8) is 0 Å². The maximum atomic E-state index is 13.7. The van der Waals surface area contributed by atoms with Gasteiger partial charge >= 0.3 is 0 Å². The van der Waals surface area contributed by atoms with E-state index in [9.17, 15) is 9.18 Å². The van der Waals surface area contributed by atoms with E-state index >= 15 is 0 Å². The maximum Gasteiger partial charge on any atom is 0.286 e. The maximum absolute atomic E-state index is 13.7. The van der Waals surface area contributed by atoms with E-state index < -0.39 is 5.91 Å². The molecule has 2 N–H and O–H groups in total. The van der Waals surface area contributed by atoms with E-state index in [0.29, 0.717) is 27.5 Å². The number of aliphatic imine (C=N–C) groups is 1. The quantitative estimate of drug-likeness (QED) is 0.778. The molecule has 0 bridgehead atoms. The Labute approximate surface area is 158 Å². The van der Waals surface area contributed by atoms with Crippen molar-refractivity contribution >= 4 is 40.5 Å². The molecule has 0 radical (unpaired) electrons. The molecule has 1 amide bonds. The Balaban J connectivity index is 1.85. The van der Waals surface area contributed by atoms with Crippen molar-refractivity contribution in [2.45, 2.75) is 6.61 Å². The Hall–Kier alpha value is -2.51. The minimum absolute atomic E-state index is 0.00189. The Kier molecular flexibility index (Phi) is 5.49. The number of hydrogen-bond acceptors (Lipinski definition) is 5. The summed E-state index contributed by atoms with van der Waals surface area (Å²) in [4.78, 5) is 15.7. The molecule has 0 saturated heterocycles. The average molecular weight is 393 g/mol. The second kappa shape index (κ2) is 7.80. The fraction of sp³-hybridized carbons (Fsp3) is 0.111. The van der Waals surface area contributed by atoms with Crippen LogP contribution in [-0.2, 0) is 11.4 Å². The number of amides is 1. The van der Waals surface area contributed by atoms with Crippen molar-refractivity contribution in [2.24, 2.45) is 10.7 Å². The summed E-state index contributed by atoms with van der Waals surface area (Å²) in [5.74, 6) is -0.105. The van der Waals surface area contributed by atoms with E-state index in [1.807, 2.05) is 0 Å². The average Bonchev–Trinajstić information content (AvgIpc) is 2.92. The van der Waals surface area contributed by atoms with E-state index in [1.165, 1.54) is 13.2 Å². The minimum Gasteiger partial charge on any atom is -0.493 e. The van der Waals surface area contributed by atoms with Gasteiger partial charge in [-0.25, -0.2) is 4.39 Å². The van der Waals surface area contributed by atoms with Crippen molar-refractivity contribution in [3.05, 3.63) is 63.3 Å². The van der Waals surface area contributed by atoms with Crippen molar-refractivity contribution in [1.29, 1.82) is 0 Å². The summed E-state index contributed by atoms with van der Waals surface area (Å²) in [6.07, 6.45) is 1.62. The minimum atomic E-state index is -0.400. The predicted molar refractivity (Wildman–Crippen MR) is 101 cm³/mol. The lowest BCUT2D eigenvalue weighted by Gasteiger charge is -2.14. The lowest BCUT2D eigenvalue weighted by atomic mass is 10.1. The van der Waals surface area contributed by atoms with Crippen LogP contribution in [0.5, 0.6) is 11.5 Å². The number of benzene rings is 2. The summed E-state index contributed by atoms with van der Waals surface area (Å²) in [7, 11) is 1.47. The van der Waals surface area contributed by atoms with Gasteiger partial charge in [-0.3, -0.25) is 4.79 Å². The van der Waals surface area contributed by atoms with Crippen molar-refractivity contribution in [1.82, 2.24) is 0 Å². The molecular weight excluding hydrogens is 379 g/mol. The van der Waals surface area contributed by atoms with Gasteiger partial charge in [0.15, 0.2) is 16.7 Å². The summed E-state index contributed by atoms with van der Waals surface area (Å²) in [6, 6.07) is 9.60. The lowest BCUT2D eigenvalue weighted by molar-refractivity contribution is -0.113. The third kappa shape index (κ3) is 4.00. The third-order valence-electron chi connectivity index (χ3n) is 3.52. The number of hydrogen-bond donors (Lipinski definition) is 1. The highest BCUT2D eigenvalue weighted by Crippen LogP contribution is 2.38. The smallest absolute Gasteiger partial charge is 0.286 e. The number of ether oxygens (including phenoxy) is 2. The van der Waals surface area contributed by atoms with Gasteiger partial charge in [-0.1, -0.05) is 29.8 Å². The molecule has 0 unspecified atom stereocenters. The van der Waals surface area contributed by atoms with Gasteiger partial charge in [-0.15, -0.1) is 0 Å². The summed E-state index contributed by atoms with van der Waals surface area (Å²) < 4.78 is 24.7. The molecule has 8 heteroatoms. The van der Waals surface area contributed by atoms with Crippen LogP contribution in [0.15, 0.2) is 46.3 Å². The fourth-order valence-electron chi connectivity index (χ4n) is 2.31. The summed E-state index contributed by atoms with van der Waals surface area (Å²) in [5, 5.41) is 0.473. The third-order valence-corrected chi connectivity index (χ3v) is 4.61. The summed E-state index contributed by atoms with van der Waals surface area (Å²) in [5.41, 5.74) is 6.57. The molecular formula is C18H14ClFN2O3S. The Morgan fingerprint density at radius 1 is 1.35 bits per heavy atom. The van der Waals surface area contributed by atoms with Crippen LogP contribution < -0.4 is 15.2 Å². The van der Waals surface area contributed by atoms with E-state index in [2.05, 4.69) is 4.99 Å². The molecule has 0 fully saturated rings. The van der Waals surface area contributed by atoms with E-state index in [4.69, 9.17) is 26.8 Å². The molecule has 0 atom stereocenters.